The number of rotatable bonds is 4. The minimum atomic E-state index is 0.00554. The molecule has 1 aromatic heterocycles. The molecule has 0 bridgehead atoms. The van der Waals surface area contributed by atoms with Gasteiger partial charge in [-0.1, -0.05) is 44.2 Å². The van der Waals surface area contributed by atoms with Gasteiger partial charge in [0.05, 0.1) is 11.6 Å². The number of nitrogens with zero attached hydrogens (tertiary/aromatic N) is 2. The first-order valence-corrected chi connectivity index (χ1v) is 6.27. The third-order valence-corrected chi connectivity index (χ3v) is 3.16. The van der Waals surface area contributed by atoms with Crippen LogP contribution < -0.4 is 5.32 Å². The average molecular weight is 251 g/mol. The minimum absolute atomic E-state index is 0.00554. The highest BCUT2D eigenvalue weighted by molar-refractivity contribution is 5.43. The predicted octanol–water partition coefficient (Wildman–Crippen LogP) is 3.34. The molecular weight excluding hydrogens is 234 g/mol. The summed E-state index contributed by atoms with van der Waals surface area (Å²) in [4.78, 5) is 4.22. The Hall–Kier alpha value is -2.34. The van der Waals surface area contributed by atoms with Crippen LogP contribution in [0.1, 0.15) is 25.0 Å². The first kappa shape index (κ1) is 13.1. The smallest absolute Gasteiger partial charge is 0.127 e. The third-order valence-electron chi connectivity index (χ3n) is 3.16. The fourth-order valence-corrected chi connectivity index (χ4v) is 1.90. The normalized spacial score (nSPS) is 10.8. The van der Waals surface area contributed by atoms with Gasteiger partial charge in [-0.15, -0.1) is 0 Å². The molecule has 2 aromatic rings. The Labute approximate surface area is 113 Å². The van der Waals surface area contributed by atoms with Crippen LogP contribution in [-0.4, -0.2) is 11.5 Å². The van der Waals surface area contributed by atoms with Crippen LogP contribution in [0.25, 0.3) is 0 Å². The van der Waals surface area contributed by atoms with Gasteiger partial charge in [-0.25, -0.2) is 4.98 Å². The molecular formula is C16H17N3. The summed E-state index contributed by atoms with van der Waals surface area (Å²) in [7, 11) is 0. The van der Waals surface area contributed by atoms with Gasteiger partial charge in [0.15, 0.2) is 0 Å². The van der Waals surface area contributed by atoms with E-state index in [9.17, 15) is 0 Å². The van der Waals surface area contributed by atoms with Gasteiger partial charge in [0, 0.05) is 18.2 Å². The molecule has 19 heavy (non-hydrogen) atoms. The zero-order valence-corrected chi connectivity index (χ0v) is 11.2. The zero-order valence-electron chi connectivity index (χ0n) is 11.2. The SMILES string of the molecule is CC(C)(CNc1cc(C#N)ccn1)c1ccccc1. The summed E-state index contributed by atoms with van der Waals surface area (Å²) in [5.74, 6) is 0.739. The molecule has 0 fully saturated rings. The van der Waals surface area contributed by atoms with E-state index in [-0.39, 0.29) is 5.41 Å². The maximum Gasteiger partial charge on any atom is 0.127 e. The van der Waals surface area contributed by atoms with Crippen LogP contribution in [0.3, 0.4) is 0 Å². The van der Waals surface area contributed by atoms with Crippen LogP contribution in [0.15, 0.2) is 48.7 Å². The zero-order chi connectivity index (χ0) is 13.7. The molecule has 0 aliphatic carbocycles. The molecule has 0 saturated carbocycles. The molecule has 96 valence electrons. The van der Waals surface area contributed by atoms with Gasteiger partial charge in [-0.05, 0) is 17.7 Å². The van der Waals surface area contributed by atoms with E-state index in [1.54, 1.807) is 18.3 Å². The lowest BCUT2D eigenvalue weighted by molar-refractivity contribution is 0.556. The molecule has 0 aliphatic heterocycles. The van der Waals surface area contributed by atoms with E-state index in [1.165, 1.54) is 5.56 Å². The van der Waals surface area contributed by atoms with Crippen LogP contribution in [0.5, 0.6) is 0 Å². The van der Waals surface area contributed by atoms with E-state index < -0.39 is 0 Å². The van der Waals surface area contributed by atoms with Crippen LogP contribution in [-0.2, 0) is 5.41 Å². The second-order valence-electron chi connectivity index (χ2n) is 5.15. The van der Waals surface area contributed by atoms with E-state index in [1.807, 2.05) is 18.2 Å². The quantitative estimate of drug-likeness (QED) is 0.906. The Morgan fingerprint density at radius 2 is 1.95 bits per heavy atom. The summed E-state index contributed by atoms with van der Waals surface area (Å²) in [6.45, 7) is 5.13. The molecule has 3 nitrogen and oxygen atoms in total. The second-order valence-corrected chi connectivity index (χ2v) is 5.15. The Morgan fingerprint density at radius 1 is 1.21 bits per heavy atom. The van der Waals surface area contributed by atoms with Crippen LogP contribution in [0.4, 0.5) is 5.82 Å². The Morgan fingerprint density at radius 3 is 2.63 bits per heavy atom. The lowest BCUT2D eigenvalue weighted by atomic mass is 9.84. The van der Waals surface area contributed by atoms with Crippen molar-refractivity contribution < 1.29 is 0 Å². The molecule has 0 spiro atoms. The van der Waals surface area contributed by atoms with E-state index in [4.69, 9.17) is 5.26 Å². The summed E-state index contributed by atoms with van der Waals surface area (Å²) >= 11 is 0. The minimum Gasteiger partial charge on any atom is -0.369 e. The molecule has 0 radical (unpaired) electrons. The van der Waals surface area contributed by atoms with Crippen LogP contribution >= 0.6 is 0 Å². The average Bonchev–Trinajstić information content (AvgIpc) is 2.46. The monoisotopic (exact) mass is 251 g/mol. The molecule has 1 heterocycles. The van der Waals surface area contributed by atoms with Crippen molar-refractivity contribution in [3.05, 3.63) is 59.8 Å². The molecule has 0 saturated heterocycles. The summed E-state index contributed by atoms with van der Waals surface area (Å²) in [6, 6.07) is 15.9. The first-order chi connectivity index (χ1) is 9.12. The number of anilines is 1. The molecule has 0 aliphatic rings. The standard InChI is InChI=1S/C16H17N3/c1-16(2,14-6-4-3-5-7-14)12-19-15-10-13(11-17)8-9-18-15/h3-10H,12H2,1-2H3,(H,18,19). The van der Waals surface area contributed by atoms with Gasteiger partial charge in [0.25, 0.3) is 0 Å². The molecule has 0 atom stereocenters. The topological polar surface area (TPSA) is 48.7 Å². The summed E-state index contributed by atoms with van der Waals surface area (Å²) in [5, 5.41) is 12.2. The van der Waals surface area contributed by atoms with E-state index in [2.05, 4.69) is 42.4 Å². The number of hydrogen-bond acceptors (Lipinski definition) is 3. The van der Waals surface area contributed by atoms with Gasteiger partial charge < -0.3 is 5.32 Å². The van der Waals surface area contributed by atoms with Crippen molar-refractivity contribution in [3.63, 3.8) is 0 Å². The fourth-order valence-electron chi connectivity index (χ4n) is 1.90. The first-order valence-electron chi connectivity index (χ1n) is 6.27. The van der Waals surface area contributed by atoms with Gasteiger partial charge in [-0.2, -0.15) is 5.26 Å². The lowest BCUT2D eigenvalue weighted by Crippen LogP contribution is -2.27. The van der Waals surface area contributed by atoms with Crippen molar-refractivity contribution in [2.24, 2.45) is 0 Å². The number of nitrogens with one attached hydrogen (secondary N) is 1. The number of hydrogen-bond donors (Lipinski definition) is 1. The molecule has 1 aromatic carbocycles. The number of aromatic nitrogens is 1. The Balaban J connectivity index is 2.07. The van der Waals surface area contributed by atoms with Gasteiger partial charge in [-0.3, -0.25) is 0 Å². The lowest BCUT2D eigenvalue weighted by Gasteiger charge is -2.26. The van der Waals surface area contributed by atoms with E-state index in [0.29, 0.717) is 5.56 Å². The second kappa shape index (κ2) is 5.53. The highest BCUT2D eigenvalue weighted by Crippen LogP contribution is 2.23. The Bertz CT molecular complexity index is 582. The predicted molar refractivity (Wildman–Crippen MR) is 76.9 cm³/mol. The number of benzene rings is 1. The molecule has 0 unspecified atom stereocenters. The van der Waals surface area contributed by atoms with Gasteiger partial charge >= 0.3 is 0 Å². The maximum absolute atomic E-state index is 8.86. The summed E-state index contributed by atoms with van der Waals surface area (Å²) < 4.78 is 0. The number of pyridine rings is 1. The maximum atomic E-state index is 8.86. The summed E-state index contributed by atoms with van der Waals surface area (Å²) in [5.41, 5.74) is 1.90. The van der Waals surface area contributed by atoms with Crippen molar-refractivity contribution in [3.8, 4) is 6.07 Å². The largest absolute Gasteiger partial charge is 0.369 e. The molecule has 0 amide bonds. The molecule has 1 N–H and O–H groups in total. The van der Waals surface area contributed by atoms with E-state index >= 15 is 0 Å². The molecule has 3 heteroatoms. The van der Waals surface area contributed by atoms with Crippen molar-refractivity contribution in [2.75, 3.05) is 11.9 Å². The van der Waals surface area contributed by atoms with Gasteiger partial charge in [0.2, 0.25) is 0 Å². The number of nitriles is 1. The van der Waals surface area contributed by atoms with Crippen molar-refractivity contribution in [2.45, 2.75) is 19.3 Å². The highest BCUT2D eigenvalue weighted by atomic mass is 15.0. The summed E-state index contributed by atoms with van der Waals surface area (Å²) in [6.07, 6.45) is 1.65. The fraction of sp³-hybridized carbons (Fsp3) is 0.250. The van der Waals surface area contributed by atoms with E-state index in [0.717, 1.165) is 12.4 Å². The van der Waals surface area contributed by atoms with Crippen LogP contribution in [0.2, 0.25) is 0 Å². The highest BCUT2D eigenvalue weighted by Gasteiger charge is 2.19. The van der Waals surface area contributed by atoms with Gasteiger partial charge in [0.1, 0.15) is 5.82 Å². The van der Waals surface area contributed by atoms with Crippen molar-refractivity contribution in [1.82, 2.24) is 4.98 Å². The third kappa shape index (κ3) is 3.32. The Kier molecular flexibility index (Phi) is 3.82. The van der Waals surface area contributed by atoms with Crippen molar-refractivity contribution >= 4 is 5.82 Å². The molecule has 2 rings (SSSR count). The van der Waals surface area contributed by atoms with Crippen LogP contribution in [0, 0.1) is 11.3 Å². The van der Waals surface area contributed by atoms with Crippen molar-refractivity contribution in [1.29, 1.82) is 5.26 Å².